The number of nitro benzene ring substituents is 1. The number of aryl methyl sites for hydroxylation is 1. The molecule has 0 heterocycles. The van der Waals surface area contributed by atoms with Crippen LogP contribution in [0.1, 0.15) is 36.7 Å². The van der Waals surface area contributed by atoms with Gasteiger partial charge in [-0.1, -0.05) is 25.1 Å². The number of nitro groups is 1. The standard InChI is InChI=1S/C20H24N4O4/c1-4-14-9-10-15(11-18(14)24(27)28)21-12-19(25)23-17-8-6-5-7-16(17)20(26)22-13(2)3/h5-11,13,21H,4,12H2,1-3H3,(H,22,26)(H,23,25). The molecule has 0 radical (unpaired) electrons. The van der Waals surface area contributed by atoms with Gasteiger partial charge in [-0.2, -0.15) is 0 Å². The predicted molar refractivity (Wildman–Crippen MR) is 109 cm³/mol. The number of nitrogens with zero attached hydrogens (tertiary/aromatic N) is 1. The van der Waals surface area contributed by atoms with Crippen molar-refractivity contribution >= 4 is 28.9 Å². The SMILES string of the molecule is CCc1ccc(NCC(=O)Nc2ccccc2C(=O)NC(C)C)cc1[N+](=O)[O-]. The van der Waals surface area contributed by atoms with E-state index in [0.717, 1.165) is 0 Å². The number of carbonyl (C=O) groups excluding carboxylic acids is 2. The number of hydrogen-bond acceptors (Lipinski definition) is 5. The Labute approximate surface area is 163 Å². The third-order valence-electron chi connectivity index (χ3n) is 3.98. The molecule has 0 aliphatic carbocycles. The largest absolute Gasteiger partial charge is 0.376 e. The molecule has 148 valence electrons. The van der Waals surface area contributed by atoms with Crippen molar-refractivity contribution in [3.8, 4) is 0 Å². The van der Waals surface area contributed by atoms with Gasteiger partial charge in [0.1, 0.15) is 0 Å². The molecule has 0 saturated heterocycles. The molecule has 0 aliphatic heterocycles. The molecule has 0 bridgehead atoms. The first-order valence-electron chi connectivity index (χ1n) is 9.02. The molecule has 2 aromatic rings. The Bertz CT molecular complexity index is 880. The van der Waals surface area contributed by atoms with Crippen LogP contribution in [0, 0.1) is 10.1 Å². The van der Waals surface area contributed by atoms with Crippen LogP contribution in [0.2, 0.25) is 0 Å². The van der Waals surface area contributed by atoms with Crippen molar-refractivity contribution in [3.05, 3.63) is 63.7 Å². The molecule has 0 unspecified atom stereocenters. The molecule has 0 atom stereocenters. The van der Waals surface area contributed by atoms with Gasteiger partial charge in [-0.15, -0.1) is 0 Å². The molecule has 8 heteroatoms. The van der Waals surface area contributed by atoms with Gasteiger partial charge in [-0.05, 0) is 38.5 Å². The highest BCUT2D eigenvalue weighted by Gasteiger charge is 2.15. The number of anilines is 2. The number of nitrogens with one attached hydrogen (secondary N) is 3. The third kappa shape index (κ3) is 5.54. The van der Waals surface area contributed by atoms with Gasteiger partial charge < -0.3 is 16.0 Å². The van der Waals surface area contributed by atoms with Crippen LogP contribution in [0.4, 0.5) is 17.1 Å². The quantitative estimate of drug-likeness (QED) is 0.477. The first-order chi connectivity index (χ1) is 13.3. The summed E-state index contributed by atoms with van der Waals surface area (Å²) in [6.07, 6.45) is 0.548. The van der Waals surface area contributed by atoms with Gasteiger partial charge in [0, 0.05) is 23.4 Å². The van der Waals surface area contributed by atoms with Gasteiger partial charge in [0.15, 0.2) is 0 Å². The summed E-state index contributed by atoms with van der Waals surface area (Å²) in [6.45, 7) is 5.45. The van der Waals surface area contributed by atoms with Crippen LogP contribution >= 0.6 is 0 Å². The van der Waals surface area contributed by atoms with Crippen molar-refractivity contribution in [2.75, 3.05) is 17.2 Å². The van der Waals surface area contributed by atoms with Crippen molar-refractivity contribution in [1.82, 2.24) is 5.32 Å². The molecule has 2 rings (SSSR count). The first-order valence-corrected chi connectivity index (χ1v) is 9.02. The summed E-state index contributed by atoms with van der Waals surface area (Å²) < 4.78 is 0. The lowest BCUT2D eigenvalue weighted by Gasteiger charge is -2.13. The highest BCUT2D eigenvalue weighted by atomic mass is 16.6. The minimum absolute atomic E-state index is 0.0172. The van der Waals surface area contributed by atoms with Crippen LogP contribution in [0.15, 0.2) is 42.5 Å². The number of benzene rings is 2. The van der Waals surface area contributed by atoms with E-state index in [9.17, 15) is 19.7 Å². The van der Waals surface area contributed by atoms with Crippen LogP contribution in [-0.4, -0.2) is 29.3 Å². The number of hydrogen-bond donors (Lipinski definition) is 3. The van der Waals surface area contributed by atoms with Crippen LogP contribution in [0.5, 0.6) is 0 Å². The molecule has 0 aromatic heterocycles. The Balaban J connectivity index is 2.05. The molecular weight excluding hydrogens is 360 g/mol. The Morgan fingerprint density at radius 3 is 2.50 bits per heavy atom. The Hall–Kier alpha value is -3.42. The summed E-state index contributed by atoms with van der Waals surface area (Å²) in [7, 11) is 0. The van der Waals surface area contributed by atoms with E-state index < -0.39 is 4.92 Å². The maximum absolute atomic E-state index is 12.3. The predicted octanol–water partition coefficient (Wildman–Crippen LogP) is 3.35. The average molecular weight is 384 g/mol. The second-order valence-electron chi connectivity index (χ2n) is 6.53. The highest BCUT2D eigenvalue weighted by molar-refractivity contribution is 6.04. The second kappa shape index (κ2) is 9.50. The fourth-order valence-corrected chi connectivity index (χ4v) is 2.65. The van der Waals surface area contributed by atoms with E-state index in [-0.39, 0.29) is 30.1 Å². The Morgan fingerprint density at radius 2 is 1.86 bits per heavy atom. The maximum atomic E-state index is 12.3. The highest BCUT2D eigenvalue weighted by Crippen LogP contribution is 2.23. The average Bonchev–Trinajstić information content (AvgIpc) is 2.66. The van der Waals surface area contributed by atoms with E-state index >= 15 is 0 Å². The molecule has 0 aliphatic rings. The van der Waals surface area contributed by atoms with Crippen molar-refractivity contribution in [2.24, 2.45) is 0 Å². The fourth-order valence-electron chi connectivity index (χ4n) is 2.65. The Kier molecular flexibility index (Phi) is 7.08. The van der Waals surface area contributed by atoms with Crippen molar-refractivity contribution in [1.29, 1.82) is 0 Å². The first kappa shape index (κ1) is 20.9. The lowest BCUT2D eigenvalue weighted by atomic mass is 10.1. The zero-order chi connectivity index (χ0) is 20.7. The summed E-state index contributed by atoms with van der Waals surface area (Å²) >= 11 is 0. The molecule has 8 nitrogen and oxygen atoms in total. The number of carbonyl (C=O) groups is 2. The number of para-hydroxylation sites is 1. The van der Waals surface area contributed by atoms with Gasteiger partial charge in [0.05, 0.1) is 22.7 Å². The van der Waals surface area contributed by atoms with Crippen molar-refractivity contribution in [3.63, 3.8) is 0 Å². The summed E-state index contributed by atoms with van der Waals surface area (Å²) in [6, 6.07) is 11.5. The molecule has 28 heavy (non-hydrogen) atoms. The van der Waals surface area contributed by atoms with Crippen LogP contribution in [0.3, 0.4) is 0 Å². The second-order valence-corrected chi connectivity index (χ2v) is 6.53. The van der Waals surface area contributed by atoms with E-state index in [1.807, 2.05) is 20.8 Å². The van der Waals surface area contributed by atoms with E-state index in [4.69, 9.17) is 0 Å². The van der Waals surface area contributed by atoms with Gasteiger partial charge in [-0.25, -0.2) is 0 Å². The molecule has 0 fully saturated rings. The molecule has 2 aromatic carbocycles. The van der Waals surface area contributed by atoms with Crippen LogP contribution in [0.25, 0.3) is 0 Å². The van der Waals surface area contributed by atoms with E-state index in [1.54, 1.807) is 36.4 Å². The normalized spacial score (nSPS) is 10.4. The zero-order valence-corrected chi connectivity index (χ0v) is 16.1. The number of rotatable bonds is 8. The lowest BCUT2D eigenvalue weighted by molar-refractivity contribution is -0.385. The van der Waals surface area contributed by atoms with E-state index in [0.29, 0.717) is 28.9 Å². The molecule has 2 amide bonds. The van der Waals surface area contributed by atoms with Crippen molar-refractivity contribution < 1.29 is 14.5 Å². The summed E-state index contributed by atoms with van der Waals surface area (Å²) in [5.41, 5.74) is 1.89. The van der Waals surface area contributed by atoms with Crippen LogP contribution < -0.4 is 16.0 Å². The fraction of sp³-hybridized carbons (Fsp3) is 0.300. The summed E-state index contributed by atoms with van der Waals surface area (Å²) in [5, 5.41) is 19.5. The zero-order valence-electron chi connectivity index (χ0n) is 16.1. The molecule has 3 N–H and O–H groups in total. The van der Waals surface area contributed by atoms with Gasteiger partial charge in [0.25, 0.3) is 11.6 Å². The van der Waals surface area contributed by atoms with Gasteiger partial charge >= 0.3 is 0 Å². The molecular formula is C20H24N4O4. The van der Waals surface area contributed by atoms with Gasteiger partial charge in [0.2, 0.25) is 5.91 Å². The van der Waals surface area contributed by atoms with Crippen LogP contribution in [-0.2, 0) is 11.2 Å². The van der Waals surface area contributed by atoms with E-state index in [1.165, 1.54) is 6.07 Å². The van der Waals surface area contributed by atoms with E-state index in [2.05, 4.69) is 16.0 Å². The maximum Gasteiger partial charge on any atom is 0.274 e. The lowest BCUT2D eigenvalue weighted by Crippen LogP contribution is -2.31. The molecule has 0 spiro atoms. The topological polar surface area (TPSA) is 113 Å². The summed E-state index contributed by atoms with van der Waals surface area (Å²) in [4.78, 5) is 35.3. The molecule has 0 saturated carbocycles. The van der Waals surface area contributed by atoms with Crippen molar-refractivity contribution in [2.45, 2.75) is 33.2 Å². The smallest absolute Gasteiger partial charge is 0.274 e. The summed E-state index contributed by atoms with van der Waals surface area (Å²) in [5.74, 6) is -0.642. The van der Waals surface area contributed by atoms with Gasteiger partial charge in [-0.3, -0.25) is 19.7 Å². The third-order valence-corrected chi connectivity index (χ3v) is 3.98. The monoisotopic (exact) mass is 384 g/mol. The number of amides is 2. The minimum Gasteiger partial charge on any atom is -0.376 e. The minimum atomic E-state index is -0.437. The Morgan fingerprint density at radius 1 is 1.14 bits per heavy atom.